The lowest BCUT2D eigenvalue weighted by molar-refractivity contribution is 0.0793. The van der Waals surface area contributed by atoms with Crippen LogP contribution in [0.25, 0.3) is 0 Å². The van der Waals surface area contributed by atoms with Crippen molar-refractivity contribution in [1.82, 2.24) is 4.90 Å². The van der Waals surface area contributed by atoms with E-state index in [4.69, 9.17) is 0 Å². The summed E-state index contributed by atoms with van der Waals surface area (Å²) in [5, 5.41) is 0. The molecule has 0 radical (unpaired) electrons. The number of hydrogen-bond acceptors (Lipinski definition) is 2. The molecule has 3 heteroatoms. The second-order valence-electron chi connectivity index (χ2n) is 7.61. The van der Waals surface area contributed by atoms with Gasteiger partial charge in [-0.05, 0) is 36.6 Å². The standard InChI is InChI=1S/C25H24N2O/c28-24-22-16-8-9-17-23(22)25(20-12-4-1-5-13-20,26-18-10-3-11-19-26)27(24)21-14-6-2-7-15-21/h1-2,4-9,12-17H,3,10-11,18-19H2/t25-/m0/s1. The van der Waals surface area contributed by atoms with Gasteiger partial charge in [-0.2, -0.15) is 0 Å². The molecule has 2 aliphatic heterocycles. The Morgan fingerprint density at radius 2 is 1.29 bits per heavy atom. The smallest absolute Gasteiger partial charge is 0.260 e. The minimum atomic E-state index is -0.600. The number of fused-ring (bicyclic) bond motifs is 1. The van der Waals surface area contributed by atoms with Gasteiger partial charge in [-0.3, -0.25) is 14.6 Å². The highest BCUT2D eigenvalue weighted by atomic mass is 16.2. The van der Waals surface area contributed by atoms with Crippen LogP contribution in [0.4, 0.5) is 5.69 Å². The molecule has 2 aliphatic rings. The van der Waals surface area contributed by atoms with E-state index in [0.29, 0.717) is 0 Å². The van der Waals surface area contributed by atoms with Gasteiger partial charge in [0.25, 0.3) is 5.91 Å². The number of benzene rings is 3. The molecule has 1 fully saturated rings. The second kappa shape index (κ2) is 6.92. The summed E-state index contributed by atoms with van der Waals surface area (Å²) in [6.45, 7) is 1.97. The molecular formula is C25H24N2O. The number of piperidine rings is 1. The number of carbonyl (C=O) groups is 1. The highest BCUT2D eigenvalue weighted by molar-refractivity contribution is 6.12. The fraction of sp³-hybridized carbons (Fsp3) is 0.240. The number of para-hydroxylation sites is 1. The van der Waals surface area contributed by atoms with Crippen LogP contribution in [0.1, 0.15) is 40.7 Å². The normalized spacial score (nSPS) is 22.3. The van der Waals surface area contributed by atoms with Crippen molar-refractivity contribution in [2.45, 2.75) is 24.9 Å². The molecule has 3 aromatic rings. The second-order valence-corrected chi connectivity index (χ2v) is 7.61. The Morgan fingerprint density at radius 3 is 2.00 bits per heavy atom. The number of anilines is 1. The van der Waals surface area contributed by atoms with E-state index in [9.17, 15) is 4.79 Å². The SMILES string of the molecule is O=C1c2ccccc2[C@@](c2ccccc2)(N2CCCCC2)N1c1ccccc1. The molecular weight excluding hydrogens is 344 g/mol. The summed E-state index contributed by atoms with van der Waals surface area (Å²) in [7, 11) is 0. The summed E-state index contributed by atoms with van der Waals surface area (Å²) < 4.78 is 0. The average molecular weight is 368 g/mol. The summed E-state index contributed by atoms with van der Waals surface area (Å²) >= 11 is 0. The van der Waals surface area contributed by atoms with Crippen LogP contribution < -0.4 is 4.90 Å². The van der Waals surface area contributed by atoms with Crippen molar-refractivity contribution in [3.05, 3.63) is 102 Å². The van der Waals surface area contributed by atoms with Crippen LogP contribution in [-0.4, -0.2) is 23.9 Å². The molecule has 0 unspecified atom stereocenters. The molecule has 5 rings (SSSR count). The molecule has 1 amide bonds. The van der Waals surface area contributed by atoms with Crippen molar-refractivity contribution < 1.29 is 4.79 Å². The van der Waals surface area contributed by atoms with Gasteiger partial charge in [0, 0.05) is 29.9 Å². The molecule has 1 atom stereocenters. The van der Waals surface area contributed by atoms with Crippen molar-refractivity contribution in [3.8, 4) is 0 Å². The van der Waals surface area contributed by atoms with Gasteiger partial charge < -0.3 is 0 Å². The Labute approximate surface area is 166 Å². The molecule has 0 saturated carbocycles. The molecule has 0 N–H and O–H groups in total. The van der Waals surface area contributed by atoms with Crippen LogP contribution in [0.15, 0.2) is 84.9 Å². The van der Waals surface area contributed by atoms with Crippen LogP contribution in [-0.2, 0) is 5.66 Å². The number of amides is 1. The number of likely N-dealkylation sites (tertiary alicyclic amines) is 1. The maximum absolute atomic E-state index is 13.7. The summed E-state index contributed by atoms with van der Waals surface area (Å²) in [4.78, 5) is 18.3. The van der Waals surface area contributed by atoms with E-state index < -0.39 is 5.66 Å². The molecule has 140 valence electrons. The van der Waals surface area contributed by atoms with E-state index in [1.165, 1.54) is 6.42 Å². The van der Waals surface area contributed by atoms with E-state index in [-0.39, 0.29) is 5.91 Å². The van der Waals surface area contributed by atoms with E-state index in [0.717, 1.165) is 48.3 Å². The first-order chi connectivity index (χ1) is 13.8. The predicted octanol–water partition coefficient (Wildman–Crippen LogP) is 5.03. The van der Waals surface area contributed by atoms with Crippen molar-refractivity contribution >= 4 is 11.6 Å². The Bertz CT molecular complexity index is 980. The Hall–Kier alpha value is -2.91. The summed E-state index contributed by atoms with van der Waals surface area (Å²) in [6, 6.07) is 28.8. The molecule has 2 heterocycles. The van der Waals surface area contributed by atoms with Crippen molar-refractivity contribution in [2.24, 2.45) is 0 Å². The maximum atomic E-state index is 13.7. The zero-order chi connectivity index (χ0) is 19.0. The van der Waals surface area contributed by atoms with Crippen LogP contribution in [0.3, 0.4) is 0 Å². The first kappa shape index (κ1) is 17.2. The first-order valence-electron chi connectivity index (χ1n) is 10.1. The Morgan fingerprint density at radius 1 is 0.679 bits per heavy atom. The minimum Gasteiger partial charge on any atom is -0.281 e. The number of carbonyl (C=O) groups excluding carboxylic acids is 1. The van der Waals surface area contributed by atoms with Gasteiger partial charge in [0.2, 0.25) is 0 Å². The quantitative estimate of drug-likeness (QED) is 0.647. The fourth-order valence-electron chi connectivity index (χ4n) is 4.91. The number of rotatable bonds is 3. The summed E-state index contributed by atoms with van der Waals surface area (Å²) in [5.41, 5.74) is 3.39. The van der Waals surface area contributed by atoms with Gasteiger partial charge >= 0.3 is 0 Å². The lowest BCUT2D eigenvalue weighted by Gasteiger charge is -2.49. The number of hydrogen-bond donors (Lipinski definition) is 0. The van der Waals surface area contributed by atoms with Crippen LogP contribution in [0, 0.1) is 0 Å². The molecule has 1 saturated heterocycles. The molecule has 3 aromatic carbocycles. The lowest BCUT2D eigenvalue weighted by atomic mass is 9.87. The third kappa shape index (κ3) is 2.43. The largest absolute Gasteiger partial charge is 0.281 e. The first-order valence-corrected chi connectivity index (χ1v) is 10.1. The average Bonchev–Trinajstić information content (AvgIpc) is 3.05. The third-order valence-corrected chi connectivity index (χ3v) is 6.06. The maximum Gasteiger partial charge on any atom is 0.260 e. The molecule has 3 nitrogen and oxygen atoms in total. The Balaban J connectivity index is 1.83. The molecule has 28 heavy (non-hydrogen) atoms. The van der Waals surface area contributed by atoms with Crippen LogP contribution in [0.2, 0.25) is 0 Å². The summed E-state index contributed by atoms with van der Waals surface area (Å²) in [6.07, 6.45) is 3.57. The van der Waals surface area contributed by atoms with Gasteiger partial charge in [-0.1, -0.05) is 73.2 Å². The van der Waals surface area contributed by atoms with Crippen molar-refractivity contribution in [3.63, 3.8) is 0 Å². The monoisotopic (exact) mass is 368 g/mol. The number of nitrogens with zero attached hydrogens (tertiary/aromatic N) is 2. The molecule has 0 aliphatic carbocycles. The highest BCUT2D eigenvalue weighted by Crippen LogP contribution is 2.49. The van der Waals surface area contributed by atoms with Gasteiger partial charge in [0.1, 0.15) is 0 Å². The van der Waals surface area contributed by atoms with E-state index >= 15 is 0 Å². The Kier molecular flexibility index (Phi) is 4.25. The van der Waals surface area contributed by atoms with Gasteiger partial charge in [-0.15, -0.1) is 0 Å². The lowest BCUT2D eigenvalue weighted by Crippen LogP contribution is -2.58. The minimum absolute atomic E-state index is 0.0798. The van der Waals surface area contributed by atoms with Crippen LogP contribution >= 0.6 is 0 Å². The summed E-state index contributed by atoms with van der Waals surface area (Å²) in [5.74, 6) is 0.0798. The van der Waals surface area contributed by atoms with Crippen molar-refractivity contribution in [2.75, 3.05) is 18.0 Å². The highest BCUT2D eigenvalue weighted by Gasteiger charge is 2.55. The molecule has 0 bridgehead atoms. The van der Waals surface area contributed by atoms with E-state index in [1.54, 1.807) is 0 Å². The zero-order valence-corrected chi connectivity index (χ0v) is 15.9. The predicted molar refractivity (Wildman–Crippen MR) is 112 cm³/mol. The van der Waals surface area contributed by atoms with E-state index in [2.05, 4.69) is 41.3 Å². The van der Waals surface area contributed by atoms with Crippen molar-refractivity contribution in [1.29, 1.82) is 0 Å². The van der Waals surface area contributed by atoms with Gasteiger partial charge in [0.05, 0.1) is 0 Å². The fourth-order valence-corrected chi connectivity index (χ4v) is 4.91. The van der Waals surface area contributed by atoms with E-state index in [1.807, 2.05) is 53.4 Å². The van der Waals surface area contributed by atoms with Gasteiger partial charge in [-0.25, -0.2) is 0 Å². The molecule has 0 spiro atoms. The van der Waals surface area contributed by atoms with Gasteiger partial charge in [0.15, 0.2) is 5.66 Å². The third-order valence-electron chi connectivity index (χ3n) is 6.06. The topological polar surface area (TPSA) is 23.6 Å². The zero-order valence-electron chi connectivity index (χ0n) is 15.9. The molecule has 0 aromatic heterocycles. The van der Waals surface area contributed by atoms with Crippen LogP contribution in [0.5, 0.6) is 0 Å².